The van der Waals surface area contributed by atoms with Gasteiger partial charge in [-0.05, 0) is 56.5 Å². The maximum atomic E-state index is 12.4. The summed E-state index contributed by atoms with van der Waals surface area (Å²) in [5, 5.41) is 2.91. The normalized spacial score (nSPS) is 13.8. The van der Waals surface area contributed by atoms with Gasteiger partial charge in [-0.25, -0.2) is 0 Å². The monoisotopic (exact) mass is 336 g/mol. The maximum Gasteiger partial charge on any atom is 0.255 e. The summed E-state index contributed by atoms with van der Waals surface area (Å²) in [6.07, 6.45) is 2.63. The quantitative estimate of drug-likeness (QED) is 0.925. The Kier molecular flexibility index (Phi) is 5.17. The van der Waals surface area contributed by atoms with Crippen molar-refractivity contribution in [2.45, 2.75) is 33.1 Å². The molecular formula is C21H24N2O2. The minimum Gasteiger partial charge on any atom is -0.342 e. The first-order valence-electron chi connectivity index (χ1n) is 8.77. The van der Waals surface area contributed by atoms with E-state index in [2.05, 4.69) is 5.32 Å². The first-order chi connectivity index (χ1) is 12.0. The molecule has 0 bridgehead atoms. The second-order valence-corrected chi connectivity index (χ2v) is 6.79. The standard InChI is InChI=1S/C21H24N2O2/c1-15-11-16(2)13-18(12-15)21(25)22-19-7-5-17(6-8-19)14-20(24)23-9-3-4-10-23/h5-8,11-13H,3-4,9-10,14H2,1-2H3,(H,22,25). The molecule has 1 saturated heterocycles. The first kappa shape index (κ1) is 17.2. The molecule has 4 nitrogen and oxygen atoms in total. The highest BCUT2D eigenvalue weighted by atomic mass is 16.2. The number of hydrogen-bond donors (Lipinski definition) is 1. The van der Waals surface area contributed by atoms with Gasteiger partial charge >= 0.3 is 0 Å². The van der Waals surface area contributed by atoms with Crippen molar-refractivity contribution in [1.29, 1.82) is 0 Å². The number of anilines is 1. The zero-order valence-electron chi connectivity index (χ0n) is 14.8. The van der Waals surface area contributed by atoms with Gasteiger partial charge in [-0.15, -0.1) is 0 Å². The van der Waals surface area contributed by atoms with Gasteiger partial charge < -0.3 is 10.2 Å². The van der Waals surface area contributed by atoms with Crippen molar-refractivity contribution in [3.05, 3.63) is 64.7 Å². The Morgan fingerprint density at radius 3 is 2.16 bits per heavy atom. The van der Waals surface area contributed by atoms with Gasteiger partial charge in [-0.3, -0.25) is 9.59 Å². The molecule has 0 unspecified atom stereocenters. The van der Waals surface area contributed by atoms with Gasteiger partial charge in [0.15, 0.2) is 0 Å². The average molecular weight is 336 g/mol. The predicted molar refractivity (Wildman–Crippen MR) is 99.8 cm³/mol. The van der Waals surface area contributed by atoms with E-state index in [-0.39, 0.29) is 11.8 Å². The third-order valence-electron chi connectivity index (χ3n) is 4.51. The number of carbonyl (C=O) groups is 2. The van der Waals surface area contributed by atoms with E-state index in [9.17, 15) is 9.59 Å². The SMILES string of the molecule is Cc1cc(C)cc(C(=O)Nc2ccc(CC(=O)N3CCCC3)cc2)c1. The topological polar surface area (TPSA) is 49.4 Å². The summed E-state index contributed by atoms with van der Waals surface area (Å²) < 4.78 is 0. The zero-order chi connectivity index (χ0) is 17.8. The molecular weight excluding hydrogens is 312 g/mol. The fourth-order valence-corrected chi connectivity index (χ4v) is 3.27. The second kappa shape index (κ2) is 7.51. The van der Waals surface area contributed by atoms with Crippen LogP contribution >= 0.6 is 0 Å². The van der Waals surface area contributed by atoms with E-state index in [1.54, 1.807) is 0 Å². The molecule has 1 aliphatic rings. The minimum absolute atomic E-state index is 0.118. The smallest absolute Gasteiger partial charge is 0.255 e. The van der Waals surface area contributed by atoms with Crippen molar-refractivity contribution in [2.75, 3.05) is 18.4 Å². The van der Waals surface area contributed by atoms with Crippen LogP contribution in [-0.4, -0.2) is 29.8 Å². The Labute approximate surface area is 148 Å². The number of amides is 2. The Morgan fingerprint density at radius 1 is 0.960 bits per heavy atom. The number of benzene rings is 2. The lowest BCUT2D eigenvalue weighted by molar-refractivity contribution is -0.129. The van der Waals surface area contributed by atoms with Crippen molar-refractivity contribution in [1.82, 2.24) is 4.90 Å². The molecule has 0 saturated carbocycles. The fraction of sp³-hybridized carbons (Fsp3) is 0.333. The third-order valence-corrected chi connectivity index (χ3v) is 4.51. The molecule has 3 rings (SSSR count). The molecule has 2 aromatic carbocycles. The summed E-state index contributed by atoms with van der Waals surface area (Å²) in [4.78, 5) is 26.5. The third kappa shape index (κ3) is 4.47. The lowest BCUT2D eigenvalue weighted by Crippen LogP contribution is -2.29. The Balaban J connectivity index is 1.62. The minimum atomic E-state index is -0.118. The van der Waals surface area contributed by atoms with Crippen molar-refractivity contribution in [2.24, 2.45) is 0 Å². The number of likely N-dealkylation sites (tertiary alicyclic amines) is 1. The van der Waals surface area contributed by atoms with Crippen LogP contribution in [0.3, 0.4) is 0 Å². The largest absolute Gasteiger partial charge is 0.342 e. The van der Waals surface area contributed by atoms with Crippen LogP contribution in [0, 0.1) is 13.8 Å². The maximum absolute atomic E-state index is 12.4. The van der Waals surface area contributed by atoms with Crippen LogP contribution in [0.4, 0.5) is 5.69 Å². The van der Waals surface area contributed by atoms with Gasteiger partial charge in [0.1, 0.15) is 0 Å². The molecule has 0 atom stereocenters. The summed E-state index contributed by atoms with van der Waals surface area (Å²) in [7, 11) is 0. The molecule has 25 heavy (non-hydrogen) atoms. The highest BCUT2D eigenvalue weighted by Gasteiger charge is 2.17. The van der Waals surface area contributed by atoms with Crippen LogP contribution in [0.5, 0.6) is 0 Å². The summed E-state index contributed by atoms with van der Waals surface area (Å²) in [6, 6.07) is 13.3. The van der Waals surface area contributed by atoms with Crippen LogP contribution in [-0.2, 0) is 11.2 Å². The highest BCUT2D eigenvalue weighted by molar-refractivity contribution is 6.04. The van der Waals surface area contributed by atoms with Gasteiger partial charge in [0, 0.05) is 24.3 Å². The Morgan fingerprint density at radius 2 is 1.56 bits per heavy atom. The van der Waals surface area contributed by atoms with Gasteiger partial charge in [0.05, 0.1) is 6.42 Å². The van der Waals surface area contributed by atoms with Crippen LogP contribution in [0.25, 0.3) is 0 Å². The van der Waals surface area contributed by atoms with E-state index in [0.29, 0.717) is 12.0 Å². The number of nitrogens with zero attached hydrogens (tertiary/aromatic N) is 1. The number of hydrogen-bond acceptors (Lipinski definition) is 2. The van der Waals surface area contributed by atoms with Crippen molar-refractivity contribution in [3.8, 4) is 0 Å². The fourth-order valence-electron chi connectivity index (χ4n) is 3.27. The summed E-state index contributed by atoms with van der Waals surface area (Å²) >= 11 is 0. The Bertz CT molecular complexity index is 755. The van der Waals surface area contributed by atoms with E-state index >= 15 is 0 Å². The highest BCUT2D eigenvalue weighted by Crippen LogP contribution is 2.15. The number of nitrogens with one attached hydrogen (secondary N) is 1. The van der Waals surface area contributed by atoms with Gasteiger partial charge in [0.2, 0.25) is 5.91 Å². The van der Waals surface area contributed by atoms with E-state index < -0.39 is 0 Å². The first-order valence-corrected chi connectivity index (χ1v) is 8.77. The molecule has 1 N–H and O–H groups in total. The molecule has 1 fully saturated rings. The molecule has 130 valence electrons. The Hall–Kier alpha value is -2.62. The zero-order valence-corrected chi connectivity index (χ0v) is 14.8. The molecule has 1 heterocycles. The summed E-state index contributed by atoms with van der Waals surface area (Å²) in [6.45, 7) is 5.72. The van der Waals surface area contributed by atoms with Gasteiger partial charge in [-0.2, -0.15) is 0 Å². The van der Waals surface area contributed by atoms with E-state index in [1.165, 1.54) is 0 Å². The van der Waals surface area contributed by atoms with Crippen LogP contribution < -0.4 is 5.32 Å². The predicted octanol–water partition coefficient (Wildman–Crippen LogP) is 3.72. The van der Waals surface area contributed by atoms with Crippen LogP contribution in [0.2, 0.25) is 0 Å². The molecule has 1 aliphatic heterocycles. The molecule has 0 spiro atoms. The van der Waals surface area contributed by atoms with Crippen LogP contribution in [0.1, 0.15) is 39.9 Å². The van der Waals surface area contributed by atoms with Crippen LogP contribution in [0.15, 0.2) is 42.5 Å². The lowest BCUT2D eigenvalue weighted by Gasteiger charge is -2.15. The summed E-state index contributed by atoms with van der Waals surface area (Å²) in [5.41, 5.74) is 4.51. The molecule has 4 heteroatoms. The lowest BCUT2D eigenvalue weighted by atomic mass is 10.1. The average Bonchev–Trinajstić information content (AvgIpc) is 3.10. The summed E-state index contributed by atoms with van der Waals surface area (Å²) in [5.74, 6) is 0.0669. The second-order valence-electron chi connectivity index (χ2n) is 6.79. The number of carbonyl (C=O) groups excluding carboxylic acids is 2. The van der Waals surface area contributed by atoms with E-state index in [4.69, 9.17) is 0 Å². The molecule has 0 aromatic heterocycles. The van der Waals surface area contributed by atoms with Gasteiger partial charge in [0.25, 0.3) is 5.91 Å². The number of aryl methyl sites for hydroxylation is 2. The number of rotatable bonds is 4. The van der Waals surface area contributed by atoms with E-state index in [0.717, 1.165) is 48.3 Å². The van der Waals surface area contributed by atoms with Crippen molar-refractivity contribution >= 4 is 17.5 Å². The van der Waals surface area contributed by atoms with Gasteiger partial charge in [-0.1, -0.05) is 29.3 Å². The molecule has 2 amide bonds. The molecule has 2 aromatic rings. The molecule has 0 aliphatic carbocycles. The van der Waals surface area contributed by atoms with Crippen molar-refractivity contribution in [3.63, 3.8) is 0 Å². The van der Waals surface area contributed by atoms with Crippen molar-refractivity contribution < 1.29 is 9.59 Å². The molecule has 0 radical (unpaired) electrons. The van der Waals surface area contributed by atoms with E-state index in [1.807, 2.05) is 61.2 Å².